The SMILES string of the molecule is CCOC(C)(C)C(F)(F)C(F)C(=O)OC. The van der Waals surface area contributed by atoms with E-state index in [1.54, 1.807) is 0 Å². The first-order valence-electron chi connectivity index (χ1n) is 4.44. The molecule has 15 heavy (non-hydrogen) atoms. The standard InChI is InChI=1S/C9H15F3O3/c1-5-15-8(2,3)9(11,12)6(10)7(13)14-4/h6H,5H2,1-4H3. The van der Waals surface area contributed by atoms with Crippen LogP contribution in [0.4, 0.5) is 13.2 Å². The maximum absolute atomic E-state index is 13.4. The van der Waals surface area contributed by atoms with Crippen LogP contribution in [0, 0.1) is 0 Å². The van der Waals surface area contributed by atoms with Crippen LogP contribution in [-0.2, 0) is 14.3 Å². The summed E-state index contributed by atoms with van der Waals surface area (Å²) in [6, 6.07) is 0. The Hall–Kier alpha value is -0.780. The van der Waals surface area contributed by atoms with Gasteiger partial charge in [-0.3, -0.25) is 0 Å². The summed E-state index contributed by atoms with van der Waals surface area (Å²) in [6.07, 6.45) is -3.02. The van der Waals surface area contributed by atoms with Crippen molar-refractivity contribution in [2.75, 3.05) is 13.7 Å². The number of halogens is 3. The minimum atomic E-state index is -3.93. The van der Waals surface area contributed by atoms with E-state index in [-0.39, 0.29) is 6.61 Å². The molecule has 0 radical (unpaired) electrons. The van der Waals surface area contributed by atoms with Crippen LogP contribution < -0.4 is 0 Å². The van der Waals surface area contributed by atoms with Gasteiger partial charge in [-0.15, -0.1) is 0 Å². The largest absolute Gasteiger partial charge is 0.467 e. The molecular formula is C9H15F3O3. The van der Waals surface area contributed by atoms with Crippen molar-refractivity contribution in [2.45, 2.75) is 38.5 Å². The van der Waals surface area contributed by atoms with Gasteiger partial charge in [-0.25, -0.2) is 9.18 Å². The number of alkyl halides is 3. The summed E-state index contributed by atoms with van der Waals surface area (Å²) in [4.78, 5) is 10.7. The molecule has 0 aliphatic rings. The van der Waals surface area contributed by atoms with Gasteiger partial charge in [0.2, 0.25) is 0 Å². The van der Waals surface area contributed by atoms with Crippen molar-refractivity contribution in [3.8, 4) is 0 Å². The Labute approximate surface area is 86.5 Å². The molecule has 0 rings (SSSR count). The van der Waals surface area contributed by atoms with Crippen molar-refractivity contribution in [1.29, 1.82) is 0 Å². The topological polar surface area (TPSA) is 35.5 Å². The van der Waals surface area contributed by atoms with Crippen LogP contribution in [0.1, 0.15) is 20.8 Å². The van der Waals surface area contributed by atoms with Crippen LogP contribution in [0.5, 0.6) is 0 Å². The van der Waals surface area contributed by atoms with Crippen LogP contribution in [0.2, 0.25) is 0 Å². The fourth-order valence-electron chi connectivity index (χ4n) is 1.01. The molecule has 0 aliphatic heterocycles. The zero-order chi connectivity index (χ0) is 12.3. The molecule has 0 aliphatic carbocycles. The quantitative estimate of drug-likeness (QED) is 0.675. The predicted molar refractivity (Wildman–Crippen MR) is 47.6 cm³/mol. The molecule has 1 atom stereocenters. The van der Waals surface area contributed by atoms with Crippen LogP contribution in [0.3, 0.4) is 0 Å². The Kier molecular flexibility index (Phi) is 4.58. The number of ether oxygens (including phenoxy) is 2. The average molecular weight is 228 g/mol. The van der Waals surface area contributed by atoms with Gasteiger partial charge in [0.1, 0.15) is 5.60 Å². The monoisotopic (exact) mass is 228 g/mol. The summed E-state index contributed by atoms with van der Waals surface area (Å²) >= 11 is 0. The van der Waals surface area contributed by atoms with E-state index in [0.29, 0.717) is 0 Å². The van der Waals surface area contributed by atoms with E-state index >= 15 is 0 Å². The Bertz CT molecular complexity index is 229. The molecule has 0 N–H and O–H groups in total. The molecule has 0 saturated heterocycles. The van der Waals surface area contributed by atoms with E-state index in [1.807, 2.05) is 0 Å². The Morgan fingerprint density at radius 1 is 1.40 bits per heavy atom. The number of carbonyl (C=O) groups is 1. The van der Waals surface area contributed by atoms with Crippen LogP contribution in [-0.4, -0.2) is 37.4 Å². The predicted octanol–water partition coefficient (Wildman–Crippen LogP) is 1.95. The van der Waals surface area contributed by atoms with E-state index in [0.717, 1.165) is 21.0 Å². The third kappa shape index (κ3) is 2.84. The van der Waals surface area contributed by atoms with Crippen LogP contribution in [0.25, 0.3) is 0 Å². The van der Waals surface area contributed by atoms with Crippen LogP contribution >= 0.6 is 0 Å². The molecule has 0 amide bonds. The fraction of sp³-hybridized carbons (Fsp3) is 0.889. The lowest BCUT2D eigenvalue weighted by molar-refractivity contribution is -0.225. The second-order valence-electron chi connectivity index (χ2n) is 3.45. The summed E-state index contributed by atoms with van der Waals surface area (Å²) in [5, 5.41) is 0. The molecule has 0 saturated carbocycles. The zero-order valence-electron chi connectivity index (χ0n) is 9.14. The molecule has 6 heteroatoms. The second kappa shape index (κ2) is 4.83. The van der Waals surface area contributed by atoms with E-state index in [9.17, 15) is 18.0 Å². The maximum atomic E-state index is 13.4. The zero-order valence-corrected chi connectivity index (χ0v) is 9.14. The lowest BCUT2D eigenvalue weighted by Crippen LogP contribution is -2.54. The molecule has 90 valence electrons. The van der Waals surface area contributed by atoms with Gasteiger partial charge < -0.3 is 9.47 Å². The molecule has 0 aromatic rings. The first-order valence-corrected chi connectivity index (χ1v) is 4.44. The van der Waals surface area contributed by atoms with Crippen molar-refractivity contribution < 1.29 is 27.4 Å². The highest BCUT2D eigenvalue weighted by molar-refractivity contribution is 5.75. The fourth-order valence-corrected chi connectivity index (χ4v) is 1.01. The number of hydrogen-bond acceptors (Lipinski definition) is 3. The molecule has 0 fully saturated rings. The lowest BCUT2D eigenvalue weighted by atomic mass is 9.96. The average Bonchev–Trinajstić information content (AvgIpc) is 2.15. The van der Waals surface area contributed by atoms with Gasteiger partial charge in [0.05, 0.1) is 7.11 Å². The molecule has 0 aromatic heterocycles. The summed E-state index contributed by atoms with van der Waals surface area (Å²) < 4.78 is 48.6. The van der Waals surface area contributed by atoms with Gasteiger partial charge >= 0.3 is 11.9 Å². The van der Waals surface area contributed by atoms with Gasteiger partial charge in [-0.2, -0.15) is 8.78 Å². The Balaban J connectivity index is 4.86. The normalized spacial score (nSPS) is 14.9. The molecular weight excluding hydrogens is 213 g/mol. The third-order valence-corrected chi connectivity index (χ3v) is 2.03. The number of esters is 1. The maximum Gasteiger partial charge on any atom is 0.347 e. The third-order valence-electron chi connectivity index (χ3n) is 2.03. The summed E-state index contributed by atoms with van der Waals surface area (Å²) in [5.41, 5.74) is -2.06. The van der Waals surface area contributed by atoms with E-state index in [1.165, 1.54) is 6.92 Å². The van der Waals surface area contributed by atoms with E-state index in [4.69, 9.17) is 4.74 Å². The second-order valence-corrected chi connectivity index (χ2v) is 3.45. The summed E-state index contributed by atoms with van der Waals surface area (Å²) in [7, 11) is 0.846. The van der Waals surface area contributed by atoms with Crippen molar-refractivity contribution >= 4 is 5.97 Å². The van der Waals surface area contributed by atoms with E-state index < -0.39 is 23.7 Å². The van der Waals surface area contributed by atoms with Crippen molar-refractivity contribution in [3.05, 3.63) is 0 Å². The first kappa shape index (κ1) is 14.2. The molecule has 1 unspecified atom stereocenters. The van der Waals surface area contributed by atoms with Gasteiger partial charge in [0.25, 0.3) is 6.17 Å². The van der Waals surface area contributed by atoms with Crippen molar-refractivity contribution in [3.63, 3.8) is 0 Å². The Morgan fingerprint density at radius 2 is 1.87 bits per heavy atom. The van der Waals surface area contributed by atoms with Crippen LogP contribution in [0.15, 0.2) is 0 Å². The molecule has 0 spiro atoms. The smallest absolute Gasteiger partial charge is 0.347 e. The van der Waals surface area contributed by atoms with Crippen molar-refractivity contribution in [1.82, 2.24) is 0 Å². The lowest BCUT2D eigenvalue weighted by Gasteiger charge is -2.34. The number of methoxy groups -OCH3 is 1. The highest BCUT2D eigenvalue weighted by Crippen LogP contribution is 2.36. The highest BCUT2D eigenvalue weighted by Gasteiger charge is 2.58. The molecule has 3 nitrogen and oxygen atoms in total. The summed E-state index contributed by atoms with van der Waals surface area (Å²) in [6.45, 7) is 3.54. The molecule has 0 bridgehead atoms. The van der Waals surface area contributed by atoms with Crippen molar-refractivity contribution in [2.24, 2.45) is 0 Å². The van der Waals surface area contributed by atoms with Gasteiger partial charge in [-0.05, 0) is 20.8 Å². The number of carbonyl (C=O) groups excluding carboxylic acids is 1. The van der Waals surface area contributed by atoms with Gasteiger partial charge in [0, 0.05) is 6.61 Å². The Morgan fingerprint density at radius 3 is 2.20 bits per heavy atom. The van der Waals surface area contributed by atoms with E-state index in [2.05, 4.69) is 4.74 Å². The minimum absolute atomic E-state index is 0.00349. The summed E-state index contributed by atoms with van der Waals surface area (Å²) in [5.74, 6) is -5.54. The van der Waals surface area contributed by atoms with Gasteiger partial charge in [-0.1, -0.05) is 0 Å². The molecule has 0 aromatic carbocycles. The number of rotatable bonds is 5. The highest BCUT2D eigenvalue weighted by atomic mass is 19.3. The number of hydrogen-bond donors (Lipinski definition) is 0. The molecule has 0 heterocycles. The van der Waals surface area contributed by atoms with Gasteiger partial charge in [0.15, 0.2) is 0 Å². The first-order chi connectivity index (χ1) is 6.70. The minimum Gasteiger partial charge on any atom is -0.467 e.